The van der Waals surface area contributed by atoms with Gasteiger partial charge in [-0.25, -0.2) is 19.9 Å². The minimum absolute atomic E-state index is 0.663. The van der Waals surface area contributed by atoms with E-state index in [1.54, 1.807) is 0 Å². The van der Waals surface area contributed by atoms with Crippen LogP contribution < -0.4 is 0 Å². The zero-order valence-electron chi connectivity index (χ0n) is 27.1. The first-order valence-corrected chi connectivity index (χ1v) is 16.7. The van der Waals surface area contributed by atoms with Crippen LogP contribution in [0.1, 0.15) is 0 Å². The minimum atomic E-state index is 0.663. The number of benzene rings is 6. The molecule has 0 radical (unpaired) electrons. The molecule has 9 rings (SSSR count). The van der Waals surface area contributed by atoms with E-state index in [4.69, 9.17) is 19.9 Å². The van der Waals surface area contributed by atoms with Gasteiger partial charge in [0.25, 0.3) is 0 Å². The summed E-state index contributed by atoms with van der Waals surface area (Å²) in [5.41, 5.74) is 12.6. The maximum atomic E-state index is 5.36. The molecule has 0 aliphatic carbocycles. The van der Waals surface area contributed by atoms with Gasteiger partial charge in [0.05, 0.1) is 33.8 Å². The van der Waals surface area contributed by atoms with Gasteiger partial charge >= 0.3 is 0 Å². The fourth-order valence-electron chi connectivity index (χ4n) is 6.55. The Hall–Kier alpha value is -6.78. The lowest BCUT2D eigenvalue weighted by Crippen LogP contribution is -1.97. The highest BCUT2D eigenvalue weighted by Gasteiger charge is 2.16. The molecule has 0 unspecified atom stereocenters. The fourth-order valence-corrected chi connectivity index (χ4v) is 6.55. The van der Waals surface area contributed by atoms with Gasteiger partial charge in [0, 0.05) is 38.6 Å². The van der Waals surface area contributed by atoms with Gasteiger partial charge in [-0.3, -0.25) is 0 Å². The Morgan fingerprint density at radius 2 is 0.760 bits per heavy atom. The van der Waals surface area contributed by atoms with Crippen molar-refractivity contribution in [3.63, 3.8) is 0 Å². The number of aromatic nitrogens is 4. The average Bonchev–Trinajstić information content (AvgIpc) is 3.21. The van der Waals surface area contributed by atoms with Gasteiger partial charge in [-0.2, -0.15) is 0 Å². The average molecular weight is 639 g/mol. The van der Waals surface area contributed by atoms with Gasteiger partial charge in [0.2, 0.25) is 0 Å². The number of fused-ring (bicyclic) bond motifs is 3. The summed E-state index contributed by atoms with van der Waals surface area (Å²) in [5.74, 6) is 0.663. The van der Waals surface area contributed by atoms with Crippen LogP contribution in [0.25, 0.3) is 89.4 Å². The zero-order valence-corrected chi connectivity index (χ0v) is 27.1. The van der Waals surface area contributed by atoms with Crippen molar-refractivity contribution in [2.24, 2.45) is 0 Å². The maximum absolute atomic E-state index is 5.36. The molecule has 0 atom stereocenters. The van der Waals surface area contributed by atoms with Crippen LogP contribution in [0.4, 0.5) is 0 Å². The Balaban J connectivity index is 1.24. The van der Waals surface area contributed by atoms with Crippen molar-refractivity contribution in [3.8, 4) is 67.5 Å². The molecule has 4 heteroatoms. The summed E-state index contributed by atoms with van der Waals surface area (Å²) in [4.78, 5) is 20.7. The van der Waals surface area contributed by atoms with Crippen LogP contribution in [0.5, 0.6) is 0 Å². The van der Waals surface area contributed by atoms with Crippen LogP contribution in [0, 0.1) is 0 Å². The van der Waals surface area contributed by atoms with Gasteiger partial charge in [-0.1, -0.05) is 158 Å². The molecule has 0 saturated carbocycles. The lowest BCUT2D eigenvalue weighted by molar-refractivity contribution is 1.18. The molecule has 0 spiro atoms. The Kier molecular flexibility index (Phi) is 7.45. The Bertz CT molecular complexity index is 2560. The van der Waals surface area contributed by atoms with Crippen molar-refractivity contribution in [1.29, 1.82) is 0 Å². The van der Waals surface area contributed by atoms with Crippen LogP contribution in [-0.2, 0) is 0 Å². The highest BCUT2D eigenvalue weighted by molar-refractivity contribution is 6.09. The van der Waals surface area contributed by atoms with E-state index >= 15 is 0 Å². The third-order valence-electron chi connectivity index (χ3n) is 9.08. The largest absolute Gasteiger partial charge is 0.245 e. The second kappa shape index (κ2) is 12.7. The van der Waals surface area contributed by atoms with Crippen molar-refractivity contribution in [1.82, 2.24) is 19.9 Å². The van der Waals surface area contributed by atoms with E-state index in [1.165, 1.54) is 0 Å². The van der Waals surface area contributed by atoms with Crippen molar-refractivity contribution < 1.29 is 0 Å². The molecule has 0 aliphatic rings. The van der Waals surface area contributed by atoms with E-state index in [1.807, 2.05) is 60.7 Å². The summed E-state index contributed by atoms with van der Waals surface area (Å²) in [6.45, 7) is 0. The SMILES string of the molecule is c1ccc(-c2cc(-c3ccccc3)nc(-c3cccc(-c4cc(-c5ccccc5)c5ccc6ccc(-c7ccccc7)nc6c5n4)c3)n2)cc1. The topological polar surface area (TPSA) is 51.6 Å². The lowest BCUT2D eigenvalue weighted by atomic mass is 9.96. The molecule has 50 heavy (non-hydrogen) atoms. The maximum Gasteiger partial charge on any atom is 0.160 e. The van der Waals surface area contributed by atoms with Gasteiger partial charge in [0.15, 0.2) is 5.82 Å². The third kappa shape index (κ3) is 5.59. The number of hydrogen-bond acceptors (Lipinski definition) is 4. The first-order chi connectivity index (χ1) is 24.8. The predicted octanol–water partition coefficient (Wildman–Crippen LogP) is 11.6. The van der Waals surface area contributed by atoms with E-state index in [0.29, 0.717) is 5.82 Å². The molecule has 9 aromatic rings. The van der Waals surface area contributed by atoms with Crippen LogP contribution in [0.2, 0.25) is 0 Å². The molecule has 0 saturated heterocycles. The molecule has 234 valence electrons. The first-order valence-electron chi connectivity index (χ1n) is 16.7. The van der Waals surface area contributed by atoms with Crippen molar-refractivity contribution in [2.75, 3.05) is 0 Å². The van der Waals surface area contributed by atoms with Crippen molar-refractivity contribution in [2.45, 2.75) is 0 Å². The highest BCUT2D eigenvalue weighted by atomic mass is 14.9. The van der Waals surface area contributed by atoms with Gasteiger partial charge in [-0.05, 0) is 35.4 Å². The number of pyridine rings is 2. The standard InChI is InChI=1S/C46H30N4/c1-5-14-31(15-6-1)39-29-41(48-45-38(39)26-24-35-25-27-40(47-44(35)45)32-16-7-2-8-17-32)36-22-13-23-37(28-36)46-49-42(33-18-9-3-10-19-33)30-43(50-46)34-20-11-4-12-21-34/h1-30H. The Morgan fingerprint density at radius 1 is 0.280 bits per heavy atom. The summed E-state index contributed by atoms with van der Waals surface area (Å²) in [7, 11) is 0. The van der Waals surface area contributed by atoms with E-state index in [9.17, 15) is 0 Å². The Morgan fingerprint density at radius 3 is 1.38 bits per heavy atom. The zero-order chi connectivity index (χ0) is 33.3. The fraction of sp³-hybridized carbons (Fsp3) is 0. The minimum Gasteiger partial charge on any atom is -0.245 e. The molecule has 0 bridgehead atoms. The normalized spacial score (nSPS) is 11.2. The number of rotatable bonds is 6. The van der Waals surface area contributed by atoms with Crippen LogP contribution in [0.15, 0.2) is 182 Å². The van der Waals surface area contributed by atoms with Crippen LogP contribution >= 0.6 is 0 Å². The summed E-state index contributed by atoms with van der Waals surface area (Å²) in [6.07, 6.45) is 0. The van der Waals surface area contributed by atoms with Crippen LogP contribution in [0.3, 0.4) is 0 Å². The van der Waals surface area contributed by atoms with E-state index in [0.717, 1.165) is 83.5 Å². The predicted molar refractivity (Wildman–Crippen MR) is 205 cm³/mol. The van der Waals surface area contributed by atoms with Crippen molar-refractivity contribution >= 4 is 21.8 Å². The molecular weight excluding hydrogens is 609 g/mol. The molecule has 0 amide bonds. The number of hydrogen-bond donors (Lipinski definition) is 0. The summed E-state index contributed by atoms with van der Waals surface area (Å²) in [6, 6.07) is 62.6. The quantitative estimate of drug-likeness (QED) is 0.170. The Labute approximate surface area is 290 Å². The van der Waals surface area contributed by atoms with Gasteiger partial charge < -0.3 is 0 Å². The highest BCUT2D eigenvalue weighted by Crippen LogP contribution is 2.37. The molecule has 0 N–H and O–H groups in total. The van der Waals surface area contributed by atoms with E-state index in [-0.39, 0.29) is 0 Å². The van der Waals surface area contributed by atoms with E-state index < -0.39 is 0 Å². The van der Waals surface area contributed by atoms with Crippen molar-refractivity contribution in [3.05, 3.63) is 182 Å². The van der Waals surface area contributed by atoms with E-state index in [2.05, 4.69) is 121 Å². The molecule has 0 aliphatic heterocycles. The summed E-state index contributed by atoms with van der Waals surface area (Å²) >= 11 is 0. The molecule has 3 aromatic heterocycles. The molecule has 0 fully saturated rings. The summed E-state index contributed by atoms with van der Waals surface area (Å²) in [5, 5.41) is 2.11. The summed E-state index contributed by atoms with van der Waals surface area (Å²) < 4.78 is 0. The monoisotopic (exact) mass is 638 g/mol. The number of nitrogens with zero attached hydrogens (tertiary/aromatic N) is 4. The van der Waals surface area contributed by atoms with Crippen LogP contribution in [-0.4, -0.2) is 19.9 Å². The van der Waals surface area contributed by atoms with Gasteiger partial charge in [0.1, 0.15) is 0 Å². The molecule has 3 heterocycles. The van der Waals surface area contributed by atoms with Gasteiger partial charge in [-0.15, -0.1) is 0 Å². The second-order valence-corrected chi connectivity index (χ2v) is 12.3. The third-order valence-corrected chi connectivity index (χ3v) is 9.08. The first kappa shape index (κ1) is 29.4. The molecule has 4 nitrogen and oxygen atoms in total. The molecular formula is C46H30N4. The second-order valence-electron chi connectivity index (χ2n) is 12.3. The lowest BCUT2D eigenvalue weighted by Gasteiger charge is -2.14. The smallest absolute Gasteiger partial charge is 0.160 e. The molecule has 6 aromatic carbocycles.